The summed E-state index contributed by atoms with van der Waals surface area (Å²) in [5.41, 5.74) is 0.213. The Morgan fingerprint density at radius 3 is 1.12 bits per heavy atom. The van der Waals surface area contributed by atoms with Crippen molar-refractivity contribution in [3.05, 3.63) is 24.3 Å². The van der Waals surface area contributed by atoms with Crippen LogP contribution in [0.25, 0.3) is 0 Å². The van der Waals surface area contributed by atoms with Gasteiger partial charge in [-0.1, -0.05) is 0 Å². The minimum atomic E-state index is -0.515. The fourth-order valence-corrected chi connectivity index (χ4v) is 3.68. The number of carbonyl (C=O) groups excluding carboxylic acids is 2. The van der Waals surface area contributed by atoms with Gasteiger partial charge >= 0.3 is 6.09 Å². The van der Waals surface area contributed by atoms with Crippen LogP contribution in [0.1, 0.15) is 27.7 Å². The Balaban J connectivity index is 1.67. The normalized spacial score (nSPS) is 11.5. The third-order valence-electron chi connectivity index (χ3n) is 5.93. The Hall–Kier alpha value is -2.64. The van der Waals surface area contributed by atoms with Crippen molar-refractivity contribution in [2.24, 2.45) is 0 Å². The van der Waals surface area contributed by atoms with E-state index in [2.05, 4.69) is 10.6 Å². The van der Waals surface area contributed by atoms with Crippen LogP contribution in [0.2, 0.25) is 0 Å². The molecule has 1 aromatic rings. The molecule has 0 bridgehead atoms. The lowest BCUT2D eigenvalue weighted by Crippen LogP contribution is -2.34. The first-order valence-electron chi connectivity index (χ1n) is 17.5. The van der Waals surface area contributed by atoms with Crippen molar-refractivity contribution in [2.45, 2.75) is 33.3 Å². The zero-order chi connectivity index (χ0) is 37.1. The highest BCUT2D eigenvalue weighted by molar-refractivity contribution is 5.88. The molecule has 0 heterocycles. The Bertz CT molecular complexity index is 949. The van der Waals surface area contributed by atoms with Gasteiger partial charge < -0.3 is 67.5 Å². The maximum absolute atomic E-state index is 11.5. The third-order valence-corrected chi connectivity index (χ3v) is 5.93. The van der Waals surface area contributed by atoms with Gasteiger partial charge in [0, 0.05) is 19.2 Å². The fraction of sp³-hybridized carbons (Fsp3) is 0.771. The van der Waals surface area contributed by atoms with Crippen molar-refractivity contribution in [1.29, 1.82) is 0 Å². The molecule has 1 aromatic carbocycles. The van der Waals surface area contributed by atoms with Gasteiger partial charge in [0.2, 0.25) is 5.91 Å². The summed E-state index contributed by atoms with van der Waals surface area (Å²) < 4.78 is 65.4. The summed E-state index contributed by atoms with van der Waals surface area (Å²) in [6.45, 7) is 17.1. The van der Waals surface area contributed by atoms with E-state index in [0.717, 1.165) is 5.69 Å². The van der Waals surface area contributed by atoms with Gasteiger partial charge in [0.15, 0.2) is 0 Å². The van der Waals surface area contributed by atoms with E-state index in [1.807, 2.05) is 20.8 Å². The molecule has 2 N–H and O–H groups in total. The molecule has 51 heavy (non-hydrogen) atoms. The largest absolute Gasteiger partial charge is 0.491 e. The molecule has 0 atom stereocenters. The summed E-state index contributed by atoms with van der Waals surface area (Å²) in [6, 6.07) is 7.16. The van der Waals surface area contributed by atoms with Crippen molar-refractivity contribution in [3.63, 3.8) is 0 Å². The number of ether oxygens (including phenoxy) is 12. The highest BCUT2D eigenvalue weighted by Gasteiger charge is 2.15. The molecule has 0 aliphatic heterocycles. The molecule has 1 rings (SSSR count). The number of amides is 2. The minimum Gasteiger partial charge on any atom is -0.491 e. The number of hydrogen-bond donors (Lipinski definition) is 2. The molecule has 0 saturated carbocycles. The van der Waals surface area contributed by atoms with E-state index >= 15 is 0 Å². The van der Waals surface area contributed by atoms with Crippen molar-refractivity contribution in [1.82, 2.24) is 5.32 Å². The number of benzene rings is 1. The van der Waals surface area contributed by atoms with Gasteiger partial charge in [-0.25, -0.2) is 4.79 Å². The zero-order valence-electron chi connectivity index (χ0n) is 31.1. The number of rotatable bonds is 35. The van der Waals surface area contributed by atoms with Gasteiger partial charge in [-0.05, 0) is 45.0 Å². The predicted octanol–water partition coefficient (Wildman–Crippen LogP) is 2.71. The molecular formula is C35H62N2O14. The van der Waals surface area contributed by atoms with Gasteiger partial charge in [-0.3, -0.25) is 4.79 Å². The Morgan fingerprint density at radius 2 is 0.804 bits per heavy atom. The van der Waals surface area contributed by atoms with Crippen LogP contribution in [0, 0.1) is 0 Å². The van der Waals surface area contributed by atoms with Crippen LogP contribution in [0.15, 0.2) is 24.3 Å². The molecule has 0 spiro atoms. The van der Waals surface area contributed by atoms with Crippen LogP contribution in [0.5, 0.6) is 5.75 Å². The van der Waals surface area contributed by atoms with Gasteiger partial charge in [-0.15, -0.1) is 0 Å². The number of nitrogens with one attached hydrogen (secondary N) is 2. The molecule has 0 radical (unpaired) electrons. The molecule has 0 aliphatic carbocycles. The molecule has 296 valence electrons. The zero-order valence-corrected chi connectivity index (χ0v) is 31.1. The van der Waals surface area contributed by atoms with E-state index in [1.54, 1.807) is 24.3 Å². The first kappa shape index (κ1) is 46.4. The van der Waals surface area contributed by atoms with Crippen molar-refractivity contribution < 1.29 is 66.4 Å². The quantitative estimate of drug-likeness (QED) is 0.0977. The molecule has 0 aromatic heterocycles. The SMILES string of the molecule is CC(=O)Nc1ccc(OCCOCCOCCOCCOCCOCCOCCOCCOCCOCCOCCNC(=O)OC(C)(C)C)cc1. The first-order valence-corrected chi connectivity index (χ1v) is 17.5. The maximum Gasteiger partial charge on any atom is 0.407 e. The first-order chi connectivity index (χ1) is 24.8. The van der Waals surface area contributed by atoms with E-state index < -0.39 is 11.7 Å². The van der Waals surface area contributed by atoms with Crippen LogP contribution >= 0.6 is 0 Å². The highest BCUT2D eigenvalue weighted by atomic mass is 16.6. The lowest BCUT2D eigenvalue weighted by atomic mass is 10.2. The second kappa shape index (κ2) is 33.2. The highest BCUT2D eigenvalue weighted by Crippen LogP contribution is 2.15. The summed E-state index contributed by atoms with van der Waals surface area (Å²) in [6.07, 6.45) is -0.456. The van der Waals surface area contributed by atoms with Crippen molar-refractivity contribution in [3.8, 4) is 5.75 Å². The molecule has 16 nitrogen and oxygen atoms in total. The Kier molecular flexibility index (Phi) is 30.2. The molecule has 16 heteroatoms. The van der Waals surface area contributed by atoms with E-state index in [4.69, 9.17) is 56.8 Å². The summed E-state index contributed by atoms with van der Waals surface area (Å²) >= 11 is 0. The van der Waals surface area contributed by atoms with Crippen LogP contribution in [-0.2, 0) is 56.9 Å². The average Bonchev–Trinajstić information content (AvgIpc) is 3.08. The van der Waals surface area contributed by atoms with E-state index in [-0.39, 0.29) is 5.91 Å². The molecule has 0 saturated heterocycles. The Morgan fingerprint density at radius 1 is 0.490 bits per heavy atom. The lowest BCUT2D eigenvalue weighted by molar-refractivity contribution is -0.114. The molecule has 2 amide bonds. The fourth-order valence-electron chi connectivity index (χ4n) is 3.68. The monoisotopic (exact) mass is 734 g/mol. The van der Waals surface area contributed by atoms with Gasteiger partial charge in [0.1, 0.15) is 18.0 Å². The number of hydrogen-bond acceptors (Lipinski definition) is 14. The number of anilines is 1. The molecule has 0 aliphatic rings. The average molecular weight is 735 g/mol. The van der Waals surface area contributed by atoms with E-state index in [0.29, 0.717) is 151 Å². The van der Waals surface area contributed by atoms with Crippen molar-refractivity contribution >= 4 is 17.7 Å². The summed E-state index contributed by atoms with van der Waals surface area (Å²) in [5, 5.41) is 5.34. The number of alkyl carbamates (subject to hydrolysis) is 1. The Labute approximate surface area is 303 Å². The summed E-state index contributed by atoms with van der Waals surface area (Å²) in [7, 11) is 0. The minimum absolute atomic E-state index is 0.111. The van der Waals surface area contributed by atoms with E-state index in [9.17, 15) is 9.59 Å². The maximum atomic E-state index is 11.5. The third kappa shape index (κ3) is 34.2. The molecule has 0 fully saturated rings. The number of carbonyl (C=O) groups is 2. The lowest BCUT2D eigenvalue weighted by Gasteiger charge is -2.19. The standard InChI is InChI=1S/C35H62N2O14/c1-31(38)37-32-5-7-33(8-6-32)50-30-29-49-28-27-48-26-25-47-24-23-46-22-21-45-20-19-44-18-17-43-16-15-42-14-13-41-12-11-40-10-9-36-34(39)51-35(2,3)4/h5-8H,9-30H2,1-4H3,(H,36,39)(H,37,38). The van der Waals surface area contributed by atoms with Gasteiger partial charge in [0.25, 0.3) is 0 Å². The van der Waals surface area contributed by atoms with Gasteiger partial charge in [0.05, 0.1) is 132 Å². The summed E-state index contributed by atoms with van der Waals surface area (Å²) in [5.74, 6) is 0.601. The predicted molar refractivity (Wildman–Crippen MR) is 189 cm³/mol. The van der Waals surface area contributed by atoms with Crippen LogP contribution in [-0.4, -0.2) is 163 Å². The second-order valence-corrected chi connectivity index (χ2v) is 11.6. The summed E-state index contributed by atoms with van der Waals surface area (Å²) in [4.78, 5) is 22.5. The van der Waals surface area contributed by atoms with Gasteiger partial charge in [-0.2, -0.15) is 0 Å². The van der Waals surface area contributed by atoms with Crippen LogP contribution in [0.3, 0.4) is 0 Å². The van der Waals surface area contributed by atoms with Crippen LogP contribution in [0.4, 0.5) is 10.5 Å². The van der Waals surface area contributed by atoms with Crippen LogP contribution < -0.4 is 15.4 Å². The second-order valence-electron chi connectivity index (χ2n) is 11.6. The smallest absolute Gasteiger partial charge is 0.407 e. The molecule has 0 unspecified atom stereocenters. The molecular weight excluding hydrogens is 672 g/mol. The topological polar surface area (TPSA) is 169 Å². The van der Waals surface area contributed by atoms with Crippen molar-refractivity contribution in [2.75, 3.05) is 151 Å². The van der Waals surface area contributed by atoms with E-state index in [1.165, 1.54) is 6.92 Å².